The van der Waals surface area contributed by atoms with Crippen molar-refractivity contribution in [3.63, 3.8) is 0 Å². The molecule has 0 aromatic carbocycles. The second-order valence-corrected chi connectivity index (χ2v) is 5.51. The van der Waals surface area contributed by atoms with Crippen LogP contribution in [0, 0.1) is 0 Å². The van der Waals surface area contributed by atoms with E-state index in [2.05, 4.69) is 0 Å². The molecule has 0 spiro atoms. The van der Waals surface area contributed by atoms with Gasteiger partial charge in [0.2, 0.25) is 0 Å². The van der Waals surface area contributed by atoms with Crippen LogP contribution in [0.2, 0.25) is 0 Å². The van der Waals surface area contributed by atoms with Gasteiger partial charge >= 0.3 is 5.97 Å². The van der Waals surface area contributed by atoms with Crippen LogP contribution in [0.4, 0.5) is 0 Å². The van der Waals surface area contributed by atoms with Crippen molar-refractivity contribution >= 4 is 5.97 Å². The molecule has 2 N–H and O–H groups in total. The molecule has 0 aromatic heterocycles. The van der Waals surface area contributed by atoms with Crippen molar-refractivity contribution < 1.29 is 15.0 Å². The summed E-state index contributed by atoms with van der Waals surface area (Å²) in [7, 11) is 0. The minimum absolute atomic E-state index is 0.610. The van der Waals surface area contributed by atoms with E-state index >= 15 is 0 Å². The molecule has 1 saturated heterocycles. The highest BCUT2D eigenvalue weighted by Crippen LogP contribution is 2.25. The third-order valence-corrected chi connectivity index (χ3v) is 3.80. The summed E-state index contributed by atoms with van der Waals surface area (Å²) >= 11 is 0. The third kappa shape index (κ3) is 3.55. The Morgan fingerprint density at radius 1 is 1.37 bits per heavy atom. The van der Waals surface area contributed by atoms with Gasteiger partial charge in [0.1, 0.15) is 6.04 Å². The summed E-state index contributed by atoms with van der Waals surface area (Å²) in [5.41, 5.74) is 0.149. The molecule has 1 aliphatic carbocycles. The van der Waals surface area contributed by atoms with Crippen molar-refractivity contribution in [2.75, 3.05) is 13.1 Å². The standard InChI is InChI=1S/C15H21NO3/c1-15(19)8-10-16(11-9-15)13(14(17)18)12-6-4-2-3-5-7-12/h2,4-7,13,19H,3,8-11H2,1H3,(H,17,18)/t13-/m1/s1. The number of aliphatic hydroxyl groups is 1. The van der Waals surface area contributed by atoms with Crippen LogP contribution >= 0.6 is 0 Å². The lowest BCUT2D eigenvalue weighted by Crippen LogP contribution is -2.50. The molecule has 1 aliphatic heterocycles. The van der Waals surface area contributed by atoms with Gasteiger partial charge in [-0.25, -0.2) is 0 Å². The molecule has 0 amide bonds. The minimum atomic E-state index is -0.826. The summed E-state index contributed by atoms with van der Waals surface area (Å²) < 4.78 is 0. The maximum Gasteiger partial charge on any atom is 0.325 e. The molecule has 0 saturated carbocycles. The Bertz CT molecular complexity index is 425. The number of nitrogens with zero attached hydrogens (tertiary/aromatic N) is 1. The number of carboxylic acids is 1. The average molecular weight is 263 g/mol. The van der Waals surface area contributed by atoms with E-state index in [1.807, 2.05) is 42.2 Å². The number of piperidine rings is 1. The number of likely N-dealkylation sites (tertiary alicyclic amines) is 1. The van der Waals surface area contributed by atoms with E-state index in [1.54, 1.807) is 0 Å². The third-order valence-electron chi connectivity index (χ3n) is 3.80. The lowest BCUT2D eigenvalue weighted by atomic mass is 9.91. The Hall–Kier alpha value is -1.39. The van der Waals surface area contributed by atoms with Crippen LogP contribution in [0.1, 0.15) is 26.2 Å². The van der Waals surface area contributed by atoms with Gasteiger partial charge in [-0.3, -0.25) is 9.69 Å². The molecule has 1 heterocycles. The molecule has 1 atom stereocenters. The van der Waals surface area contributed by atoms with Gasteiger partial charge in [0.05, 0.1) is 5.60 Å². The van der Waals surface area contributed by atoms with Crippen molar-refractivity contribution in [3.05, 3.63) is 36.0 Å². The largest absolute Gasteiger partial charge is 0.480 e. The fourth-order valence-corrected chi connectivity index (χ4v) is 2.55. The van der Waals surface area contributed by atoms with Crippen molar-refractivity contribution in [1.29, 1.82) is 0 Å². The number of rotatable bonds is 3. The summed E-state index contributed by atoms with van der Waals surface area (Å²) in [6.45, 7) is 3.03. The first kappa shape index (κ1) is 14.0. The Morgan fingerprint density at radius 3 is 2.68 bits per heavy atom. The highest BCUT2D eigenvalue weighted by atomic mass is 16.4. The first-order valence-corrected chi connectivity index (χ1v) is 6.72. The second kappa shape index (κ2) is 5.72. The second-order valence-electron chi connectivity index (χ2n) is 5.51. The number of aliphatic carboxylic acids is 1. The van der Waals surface area contributed by atoms with Gasteiger partial charge in [-0.1, -0.05) is 30.4 Å². The van der Waals surface area contributed by atoms with E-state index in [0.29, 0.717) is 25.9 Å². The minimum Gasteiger partial charge on any atom is -0.480 e. The molecule has 2 aliphatic rings. The molecular weight excluding hydrogens is 242 g/mol. The van der Waals surface area contributed by atoms with Crippen LogP contribution in [0.3, 0.4) is 0 Å². The number of allylic oxidation sites excluding steroid dienone is 4. The molecular formula is C15H21NO3. The summed E-state index contributed by atoms with van der Waals surface area (Å²) in [6, 6.07) is -0.616. The lowest BCUT2D eigenvalue weighted by molar-refractivity contribution is -0.143. The Balaban J connectivity index is 2.15. The van der Waals surface area contributed by atoms with Crippen LogP contribution in [-0.2, 0) is 4.79 Å². The predicted molar refractivity (Wildman–Crippen MR) is 73.8 cm³/mol. The Labute approximate surface area is 113 Å². The van der Waals surface area contributed by atoms with Gasteiger partial charge in [-0.2, -0.15) is 0 Å². The maximum atomic E-state index is 11.6. The van der Waals surface area contributed by atoms with Crippen molar-refractivity contribution in [2.45, 2.75) is 37.8 Å². The zero-order chi connectivity index (χ0) is 13.9. The number of hydrogen-bond donors (Lipinski definition) is 2. The highest BCUT2D eigenvalue weighted by molar-refractivity contribution is 5.78. The van der Waals surface area contributed by atoms with Crippen LogP contribution in [-0.4, -0.2) is 45.8 Å². The van der Waals surface area contributed by atoms with Crippen molar-refractivity contribution in [3.8, 4) is 0 Å². The van der Waals surface area contributed by atoms with E-state index in [-0.39, 0.29) is 0 Å². The summed E-state index contributed by atoms with van der Waals surface area (Å²) in [5, 5.41) is 19.5. The molecule has 4 nitrogen and oxygen atoms in total. The number of hydrogen-bond acceptors (Lipinski definition) is 3. The first-order chi connectivity index (χ1) is 8.99. The fourth-order valence-electron chi connectivity index (χ4n) is 2.55. The van der Waals surface area contributed by atoms with E-state index in [4.69, 9.17) is 0 Å². The summed E-state index contributed by atoms with van der Waals surface area (Å²) in [5.74, 6) is -0.826. The monoisotopic (exact) mass is 263 g/mol. The molecule has 2 rings (SSSR count). The van der Waals surface area contributed by atoms with Gasteiger partial charge in [0.25, 0.3) is 0 Å². The zero-order valence-corrected chi connectivity index (χ0v) is 11.2. The van der Waals surface area contributed by atoms with E-state index < -0.39 is 17.6 Å². The van der Waals surface area contributed by atoms with Gasteiger partial charge in [-0.15, -0.1) is 0 Å². The van der Waals surface area contributed by atoms with E-state index in [1.165, 1.54) is 0 Å². The normalized spacial score (nSPS) is 24.6. The van der Waals surface area contributed by atoms with Crippen LogP contribution in [0.25, 0.3) is 0 Å². The number of carbonyl (C=O) groups is 1. The molecule has 0 bridgehead atoms. The van der Waals surface area contributed by atoms with Gasteiger partial charge in [0, 0.05) is 13.1 Å². The highest BCUT2D eigenvalue weighted by Gasteiger charge is 2.34. The predicted octanol–water partition coefficient (Wildman–Crippen LogP) is 1.73. The molecule has 19 heavy (non-hydrogen) atoms. The SMILES string of the molecule is CC1(O)CCN([C@@H](C(=O)O)C2=CC=CCC=C2)CC1. The lowest BCUT2D eigenvalue weighted by Gasteiger charge is -2.39. The quantitative estimate of drug-likeness (QED) is 0.814. The summed E-state index contributed by atoms with van der Waals surface area (Å²) in [4.78, 5) is 13.5. The van der Waals surface area contributed by atoms with Crippen molar-refractivity contribution in [2.24, 2.45) is 0 Å². The molecule has 4 heteroatoms. The van der Waals surface area contributed by atoms with Gasteiger partial charge in [0.15, 0.2) is 0 Å². The van der Waals surface area contributed by atoms with E-state index in [9.17, 15) is 15.0 Å². The maximum absolute atomic E-state index is 11.6. The van der Waals surface area contributed by atoms with Crippen LogP contribution in [0.15, 0.2) is 36.0 Å². The Kier molecular flexibility index (Phi) is 4.22. The molecule has 104 valence electrons. The van der Waals surface area contributed by atoms with Gasteiger partial charge in [-0.05, 0) is 31.8 Å². The molecule has 1 fully saturated rings. The van der Waals surface area contributed by atoms with Crippen LogP contribution in [0.5, 0.6) is 0 Å². The fraction of sp³-hybridized carbons (Fsp3) is 0.533. The van der Waals surface area contributed by atoms with Crippen LogP contribution < -0.4 is 0 Å². The molecule has 0 unspecified atom stereocenters. The molecule has 0 aromatic rings. The zero-order valence-electron chi connectivity index (χ0n) is 11.2. The number of carboxylic acid groups (broad SMARTS) is 1. The average Bonchev–Trinajstić information content (AvgIpc) is 2.60. The smallest absolute Gasteiger partial charge is 0.325 e. The molecule has 0 radical (unpaired) electrons. The summed E-state index contributed by atoms with van der Waals surface area (Å²) in [6.07, 6.45) is 11.7. The van der Waals surface area contributed by atoms with E-state index in [0.717, 1.165) is 12.0 Å². The van der Waals surface area contributed by atoms with Gasteiger partial charge < -0.3 is 10.2 Å². The first-order valence-electron chi connectivity index (χ1n) is 6.72. The Morgan fingerprint density at radius 2 is 2.05 bits per heavy atom. The van der Waals surface area contributed by atoms with Crippen molar-refractivity contribution in [1.82, 2.24) is 4.90 Å². The topological polar surface area (TPSA) is 60.8 Å².